The van der Waals surface area contributed by atoms with Crippen molar-refractivity contribution in [3.8, 4) is 5.75 Å². The number of aryl methyl sites for hydroxylation is 2. The minimum Gasteiger partial charge on any atom is -0.488 e. The van der Waals surface area contributed by atoms with Gasteiger partial charge in [-0.15, -0.1) is 0 Å². The summed E-state index contributed by atoms with van der Waals surface area (Å²) in [5.74, 6) is -0.573. The number of para-hydroxylation sites is 1. The number of ether oxygens (including phenoxy) is 1. The van der Waals surface area contributed by atoms with E-state index < -0.39 is 5.97 Å². The number of hydrogen-bond donors (Lipinski definition) is 1. The molecule has 0 fully saturated rings. The fraction of sp³-hybridized carbons (Fsp3) is 0.350. The molecule has 0 radical (unpaired) electrons. The van der Waals surface area contributed by atoms with Crippen LogP contribution in [0.1, 0.15) is 53.4 Å². The predicted molar refractivity (Wildman–Crippen MR) is 92.3 cm³/mol. The highest BCUT2D eigenvalue weighted by molar-refractivity contribution is 5.90. The molecule has 0 heterocycles. The first-order valence-electron chi connectivity index (χ1n) is 7.76. The van der Waals surface area contributed by atoms with Crippen molar-refractivity contribution in [3.63, 3.8) is 0 Å². The van der Waals surface area contributed by atoms with Crippen LogP contribution in [-0.4, -0.2) is 11.1 Å². The Kier molecular flexibility index (Phi) is 4.79. The first kappa shape index (κ1) is 17.1. The molecule has 122 valence electrons. The Morgan fingerprint density at radius 2 is 1.65 bits per heavy atom. The molecule has 0 saturated carbocycles. The van der Waals surface area contributed by atoms with Crippen molar-refractivity contribution in [2.75, 3.05) is 0 Å². The van der Waals surface area contributed by atoms with Crippen LogP contribution in [-0.2, 0) is 12.0 Å². The molecule has 2 rings (SSSR count). The molecule has 1 N–H and O–H groups in total. The summed E-state index contributed by atoms with van der Waals surface area (Å²) in [6, 6.07) is 11.1. The van der Waals surface area contributed by atoms with Crippen molar-refractivity contribution >= 4 is 5.97 Å². The first-order valence-corrected chi connectivity index (χ1v) is 7.76. The smallest absolute Gasteiger partial charge is 0.339 e. The van der Waals surface area contributed by atoms with E-state index in [2.05, 4.69) is 46.8 Å². The van der Waals surface area contributed by atoms with Crippen molar-refractivity contribution in [1.82, 2.24) is 0 Å². The summed E-state index contributed by atoms with van der Waals surface area (Å²) in [5.41, 5.74) is 5.03. The van der Waals surface area contributed by atoms with Gasteiger partial charge in [-0.05, 0) is 53.6 Å². The van der Waals surface area contributed by atoms with Gasteiger partial charge in [-0.25, -0.2) is 4.79 Å². The van der Waals surface area contributed by atoms with E-state index in [-0.39, 0.29) is 11.0 Å². The molecule has 23 heavy (non-hydrogen) atoms. The van der Waals surface area contributed by atoms with Gasteiger partial charge < -0.3 is 9.84 Å². The van der Waals surface area contributed by atoms with Crippen LogP contribution in [0.3, 0.4) is 0 Å². The standard InChI is InChI=1S/C20H24O3/c1-13-10-15(20(3,4)5)11-14(2)17(13)12-23-18-9-7-6-8-16(18)19(21)22/h6-11H,12H2,1-5H3,(H,21,22). The van der Waals surface area contributed by atoms with Crippen LogP contribution in [0.2, 0.25) is 0 Å². The lowest BCUT2D eigenvalue weighted by Crippen LogP contribution is -2.13. The summed E-state index contributed by atoms with van der Waals surface area (Å²) >= 11 is 0. The summed E-state index contributed by atoms with van der Waals surface area (Å²) in [6.45, 7) is 11.1. The van der Waals surface area contributed by atoms with Gasteiger partial charge >= 0.3 is 5.97 Å². The summed E-state index contributed by atoms with van der Waals surface area (Å²) in [5, 5.41) is 9.22. The highest BCUT2D eigenvalue weighted by Crippen LogP contribution is 2.28. The van der Waals surface area contributed by atoms with E-state index >= 15 is 0 Å². The second-order valence-electron chi connectivity index (χ2n) is 6.93. The zero-order valence-corrected chi connectivity index (χ0v) is 14.4. The van der Waals surface area contributed by atoms with Crippen LogP contribution in [0.15, 0.2) is 36.4 Å². The largest absolute Gasteiger partial charge is 0.488 e. The van der Waals surface area contributed by atoms with Gasteiger partial charge in [0.15, 0.2) is 0 Å². The average Bonchev–Trinajstić information content (AvgIpc) is 2.45. The number of benzene rings is 2. The zero-order chi connectivity index (χ0) is 17.2. The lowest BCUT2D eigenvalue weighted by atomic mass is 9.84. The molecule has 0 unspecified atom stereocenters. The molecule has 0 aliphatic carbocycles. The fourth-order valence-corrected chi connectivity index (χ4v) is 2.57. The molecule has 2 aromatic carbocycles. The molecule has 0 spiro atoms. The molecule has 0 saturated heterocycles. The van der Waals surface area contributed by atoms with E-state index in [1.54, 1.807) is 24.3 Å². The van der Waals surface area contributed by atoms with Crippen LogP contribution in [0.5, 0.6) is 5.75 Å². The molecular formula is C20H24O3. The Labute approximate surface area is 137 Å². The Hall–Kier alpha value is -2.29. The molecule has 0 aliphatic rings. The third-order valence-corrected chi connectivity index (χ3v) is 4.05. The number of carboxylic acids is 1. The number of carboxylic acid groups (broad SMARTS) is 1. The topological polar surface area (TPSA) is 46.5 Å². The van der Waals surface area contributed by atoms with Gasteiger partial charge in [-0.1, -0.05) is 45.0 Å². The minimum absolute atomic E-state index is 0.102. The second-order valence-corrected chi connectivity index (χ2v) is 6.93. The Bertz CT molecular complexity index is 701. The molecule has 3 heteroatoms. The summed E-state index contributed by atoms with van der Waals surface area (Å²) in [6.07, 6.45) is 0. The Morgan fingerprint density at radius 1 is 1.09 bits per heavy atom. The van der Waals surface area contributed by atoms with Crippen LogP contribution in [0.4, 0.5) is 0 Å². The van der Waals surface area contributed by atoms with Crippen molar-refractivity contribution < 1.29 is 14.6 Å². The summed E-state index contributed by atoms with van der Waals surface area (Å²) in [7, 11) is 0. The van der Waals surface area contributed by atoms with E-state index in [4.69, 9.17) is 4.74 Å². The monoisotopic (exact) mass is 312 g/mol. The van der Waals surface area contributed by atoms with Crippen molar-refractivity contribution in [2.24, 2.45) is 0 Å². The fourth-order valence-electron chi connectivity index (χ4n) is 2.57. The SMILES string of the molecule is Cc1cc(C(C)(C)C)cc(C)c1COc1ccccc1C(=O)O. The van der Waals surface area contributed by atoms with Crippen molar-refractivity contribution in [1.29, 1.82) is 0 Å². The molecule has 0 amide bonds. The van der Waals surface area contributed by atoms with Crippen LogP contribution < -0.4 is 4.74 Å². The van der Waals surface area contributed by atoms with Gasteiger partial charge in [0.1, 0.15) is 17.9 Å². The van der Waals surface area contributed by atoms with E-state index in [0.717, 1.165) is 5.56 Å². The summed E-state index contributed by atoms with van der Waals surface area (Å²) < 4.78 is 5.79. The molecule has 0 aliphatic heterocycles. The molecule has 0 atom stereocenters. The van der Waals surface area contributed by atoms with E-state index in [1.807, 2.05) is 0 Å². The van der Waals surface area contributed by atoms with Gasteiger partial charge in [0.2, 0.25) is 0 Å². The minimum atomic E-state index is -0.975. The van der Waals surface area contributed by atoms with Gasteiger partial charge in [-0.2, -0.15) is 0 Å². The number of carbonyl (C=O) groups is 1. The molecular weight excluding hydrogens is 288 g/mol. The third-order valence-electron chi connectivity index (χ3n) is 4.05. The highest BCUT2D eigenvalue weighted by Gasteiger charge is 2.17. The Morgan fingerprint density at radius 3 is 2.17 bits per heavy atom. The average molecular weight is 312 g/mol. The van der Waals surface area contributed by atoms with Gasteiger partial charge in [0.05, 0.1) is 0 Å². The molecule has 2 aromatic rings. The second kappa shape index (κ2) is 6.45. The van der Waals surface area contributed by atoms with Crippen LogP contribution in [0, 0.1) is 13.8 Å². The highest BCUT2D eigenvalue weighted by atomic mass is 16.5. The van der Waals surface area contributed by atoms with Gasteiger partial charge in [-0.3, -0.25) is 0 Å². The predicted octanol–water partition coefficient (Wildman–Crippen LogP) is 4.88. The van der Waals surface area contributed by atoms with Gasteiger partial charge in [0.25, 0.3) is 0 Å². The van der Waals surface area contributed by atoms with Crippen LogP contribution >= 0.6 is 0 Å². The van der Waals surface area contributed by atoms with E-state index in [9.17, 15) is 9.90 Å². The zero-order valence-electron chi connectivity index (χ0n) is 14.4. The van der Waals surface area contributed by atoms with Crippen LogP contribution in [0.25, 0.3) is 0 Å². The van der Waals surface area contributed by atoms with E-state index in [0.29, 0.717) is 12.4 Å². The molecule has 0 bridgehead atoms. The first-order chi connectivity index (χ1) is 10.7. The number of rotatable bonds is 4. The maximum Gasteiger partial charge on any atom is 0.339 e. The lowest BCUT2D eigenvalue weighted by molar-refractivity contribution is 0.0691. The van der Waals surface area contributed by atoms with Gasteiger partial charge in [0, 0.05) is 0 Å². The number of hydrogen-bond acceptors (Lipinski definition) is 2. The third kappa shape index (κ3) is 3.92. The van der Waals surface area contributed by atoms with E-state index in [1.165, 1.54) is 16.7 Å². The lowest BCUT2D eigenvalue weighted by Gasteiger charge is -2.22. The normalized spacial score (nSPS) is 11.3. The van der Waals surface area contributed by atoms with Crippen molar-refractivity contribution in [2.45, 2.75) is 46.6 Å². The quantitative estimate of drug-likeness (QED) is 0.875. The molecule has 3 nitrogen and oxygen atoms in total. The maximum absolute atomic E-state index is 11.2. The Balaban J connectivity index is 2.27. The summed E-state index contributed by atoms with van der Waals surface area (Å²) in [4.78, 5) is 11.2. The van der Waals surface area contributed by atoms with Crippen molar-refractivity contribution in [3.05, 3.63) is 64.2 Å². The molecule has 0 aromatic heterocycles. The maximum atomic E-state index is 11.2. The number of aromatic carboxylic acids is 1.